The molecule has 146 valence electrons. The van der Waals surface area contributed by atoms with Gasteiger partial charge in [0.15, 0.2) is 5.16 Å². The van der Waals surface area contributed by atoms with E-state index in [1.165, 1.54) is 10.4 Å². The van der Waals surface area contributed by atoms with Gasteiger partial charge in [-0.3, -0.25) is 9.36 Å². The molecule has 0 saturated heterocycles. The van der Waals surface area contributed by atoms with Gasteiger partial charge in [0.2, 0.25) is 0 Å². The van der Waals surface area contributed by atoms with Crippen molar-refractivity contribution in [1.82, 2.24) is 14.5 Å². The van der Waals surface area contributed by atoms with Crippen LogP contribution in [-0.4, -0.2) is 39.6 Å². The Hall–Kier alpha value is -1.96. The Morgan fingerprint density at radius 3 is 2.82 bits per heavy atom. The second kappa shape index (κ2) is 8.19. The van der Waals surface area contributed by atoms with Crippen LogP contribution in [0.5, 0.6) is 0 Å². The molecule has 0 aliphatic carbocycles. The third-order valence-corrected chi connectivity index (χ3v) is 7.09. The fraction of sp³-hybridized carbons (Fsp3) is 0.381. The molecule has 0 saturated carbocycles. The van der Waals surface area contributed by atoms with Gasteiger partial charge in [0.25, 0.3) is 5.56 Å². The number of Topliss-reactive ketones (excluding diaryl/α,β-unsaturated/α-hetero) is 1. The van der Waals surface area contributed by atoms with Crippen LogP contribution in [0, 0.1) is 0 Å². The van der Waals surface area contributed by atoms with E-state index < -0.39 is 0 Å². The van der Waals surface area contributed by atoms with Crippen LogP contribution in [0.25, 0.3) is 15.9 Å². The maximum atomic E-state index is 13.6. The van der Waals surface area contributed by atoms with Crippen LogP contribution < -0.4 is 5.56 Å². The second-order valence-corrected chi connectivity index (χ2v) is 9.34. The summed E-state index contributed by atoms with van der Waals surface area (Å²) in [6.45, 7) is 3.45. The number of fused-ring (bicyclic) bond motifs is 3. The van der Waals surface area contributed by atoms with Crippen molar-refractivity contribution in [2.75, 3.05) is 19.3 Å². The maximum Gasteiger partial charge on any atom is 0.267 e. The first kappa shape index (κ1) is 19.4. The standard InChI is InChI=1S/C21H23N3O2S2/c1-14(25)7-6-12-27-21-22-19-18(16-10-11-23(2)13-17(16)28-19)20(26)24(21)15-8-4-3-5-9-15/h3-5,8-9H,6-7,10-13H2,1-2H3. The number of nitrogens with zero attached hydrogens (tertiary/aromatic N) is 3. The smallest absolute Gasteiger partial charge is 0.267 e. The molecular formula is C21H23N3O2S2. The summed E-state index contributed by atoms with van der Waals surface area (Å²) >= 11 is 3.20. The molecule has 4 rings (SSSR count). The molecule has 0 amide bonds. The average molecular weight is 414 g/mol. The van der Waals surface area contributed by atoms with Gasteiger partial charge < -0.3 is 9.69 Å². The van der Waals surface area contributed by atoms with Gasteiger partial charge in [-0.25, -0.2) is 4.98 Å². The molecule has 1 aliphatic heterocycles. The van der Waals surface area contributed by atoms with Crippen LogP contribution in [-0.2, 0) is 17.8 Å². The molecule has 0 N–H and O–H groups in total. The second-order valence-electron chi connectivity index (χ2n) is 7.20. The van der Waals surface area contributed by atoms with Crippen LogP contribution in [0.1, 0.15) is 30.2 Å². The number of rotatable bonds is 6. The number of aromatic nitrogens is 2. The molecule has 1 aliphatic rings. The Morgan fingerprint density at radius 2 is 2.07 bits per heavy atom. The lowest BCUT2D eigenvalue weighted by molar-refractivity contribution is -0.117. The minimum absolute atomic E-state index is 0.0207. The van der Waals surface area contributed by atoms with Crippen LogP contribution in [0.3, 0.4) is 0 Å². The fourth-order valence-electron chi connectivity index (χ4n) is 3.54. The Balaban J connectivity index is 1.82. The molecule has 28 heavy (non-hydrogen) atoms. The molecule has 3 aromatic rings. The van der Waals surface area contributed by atoms with Crippen molar-refractivity contribution in [2.24, 2.45) is 0 Å². The summed E-state index contributed by atoms with van der Waals surface area (Å²) in [6, 6.07) is 9.72. The van der Waals surface area contributed by atoms with E-state index >= 15 is 0 Å². The van der Waals surface area contributed by atoms with Crippen LogP contribution >= 0.6 is 23.1 Å². The third-order valence-electron chi connectivity index (χ3n) is 4.95. The van der Waals surface area contributed by atoms with Crippen LogP contribution in [0.4, 0.5) is 0 Å². The summed E-state index contributed by atoms with van der Waals surface area (Å²) in [5.41, 5.74) is 2.03. The van der Waals surface area contributed by atoms with E-state index in [2.05, 4.69) is 11.9 Å². The van der Waals surface area contributed by atoms with Gasteiger partial charge in [0.05, 0.1) is 11.1 Å². The van der Waals surface area contributed by atoms with Gasteiger partial charge in [-0.1, -0.05) is 30.0 Å². The quantitative estimate of drug-likeness (QED) is 0.349. The Morgan fingerprint density at radius 1 is 1.29 bits per heavy atom. The number of ketones is 1. The lowest BCUT2D eigenvalue weighted by Gasteiger charge is -2.21. The van der Waals surface area contributed by atoms with E-state index in [1.54, 1.807) is 34.6 Å². The monoisotopic (exact) mass is 413 g/mol. The highest BCUT2D eigenvalue weighted by molar-refractivity contribution is 7.99. The first-order valence-electron chi connectivity index (χ1n) is 9.48. The van der Waals surface area contributed by atoms with Gasteiger partial charge in [-0.15, -0.1) is 11.3 Å². The summed E-state index contributed by atoms with van der Waals surface area (Å²) in [5.74, 6) is 0.956. The number of para-hydroxylation sites is 1. The summed E-state index contributed by atoms with van der Waals surface area (Å²) in [4.78, 5) is 34.1. The zero-order valence-electron chi connectivity index (χ0n) is 16.1. The highest BCUT2D eigenvalue weighted by Crippen LogP contribution is 2.34. The zero-order valence-corrected chi connectivity index (χ0v) is 17.7. The molecule has 0 spiro atoms. The number of likely N-dealkylation sites (N-methyl/N-ethyl adjacent to an activating group) is 1. The van der Waals surface area contributed by atoms with E-state index in [4.69, 9.17) is 4.98 Å². The molecule has 7 heteroatoms. The number of thioether (sulfide) groups is 1. The normalized spacial score (nSPS) is 14.4. The van der Waals surface area contributed by atoms with Crippen molar-refractivity contribution in [3.63, 3.8) is 0 Å². The van der Waals surface area contributed by atoms with Crippen molar-refractivity contribution in [3.8, 4) is 5.69 Å². The highest BCUT2D eigenvalue weighted by Gasteiger charge is 2.24. The first-order chi connectivity index (χ1) is 13.5. The van der Waals surface area contributed by atoms with Crippen molar-refractivity contribution in [2.45, 2.75) is 37.9 Å². The summed E-state index contributed by atoms with van der Waals surface area (Å²) in [5, 5.41) is 1.49. The van der Waals surface area contributed by atoms with Crippen molar-refractivity contribution in [1.29, 1.82) is 0 Å². The zero-order chi connectivity index (χ0) is 19.7. The van der Waals surface area contributed by atoms with Gasteiger partial charge in [-0.05, 0) is 44.5 Å². The molecular weight excluding hydrogens is 390 g/mol. The minimum Gasteiger partial charge on any atom is -0.301 e. The van der Waals surface area contributed by atoms with Crippen LogP contribution in [0.15, 0.2) is 40.3 Å². The Kier molecular flexibility index (Phi) is 5.66. The van der Waals surface area contributed by atoms with Gasteiger partial charge in [-0.2, -0.15) is 0 Å². The topological polar surface area (TPSA) is 55.2 Å². The summed E-state index contributed by atoms with van der Waals surface area (Å²) < 4.78 is 1.74. The molecule has 3 heterocycles. The van der Waals surface area contributed by atoms with Crippen molar-refractivity contribution in [3.05, 3.63) is 51.1 Å². The SMILES string of the molecule is CC(=O)CCCSc1nc2sc3c(c2c(=O)n1-c1ccccc1)CCN(C)C3. The average Bonchev–Trinajstić information content (AvgIpc) is 3.03. The largest absolute Gasteiger partial charge is 0.301 e. The molecule has 5 nitrogen and oxygen atoms in total. The number of hydrogen-bond acceptors (Lipinski definition) is 6. The van der Waals surface area contributed by atoms with Crippen molar-refractivity contribution >= 4 is 39.1 Å². The lowest BCUT2D eigenvalue weighted by Crippen LogP contribution is -2.27. The molecule has 1 aromatic carbocycles. The number of carbonyl (C=O) groups excluding carboxylic acids is 1. The van der Waals surface area contributed by atoms with E-state index in [0.29, 0.717) is 11.6 Å². The molecule has 0 radical (unpaired) electrons. The minimum atomic E-state index is 0.0207. The summed E-state index contributed by atoms with van der Waals surface area (Å²) in [7, 11) is 2.11. The molecule has 0 atom stereocenters. The Bertz CT molecular complexity index is 1070. The molecule has 0 unspecified atom stereocenters. The van der Waals surface area contributed by atoms with E-state index in [1.807, 2.05) is 30.3 Å². The number of thiophene rings is 1. The Labute approximate surface area is 172 Å². The summed E-state index contributed by atoms with van der Waals surface area (Å²) in [6.07, 6.45) is 2.24. The van der Waals surface area contributed by atoms with Crippen LogP contribution in [0.2, 0.25) is 0 Å². The lowest BCUT2D eigenvalue weighted by atomic mass is 10.1. The fourth-order valence-corrected chi connectivity index (χ4v) is 5.83. The molecule has 0 bridgehead atoms. The number of hydrogen-bond donors (Lipinski definition) is 0. The van der Waals surface area contributed by atoms with Gasteiger partial charge >= 0.3 is 0 Å². The van der Waals surface area contributed by atoms with Gasteiger partial charge in [0, 0.05) is 30.1 Å². The van der Waals surface area contributed by atoms with Gasteiger partial charge in [0.1, 0.15) is 10.6 Å². The predicted molar refractivity (Wildman–Crippen MR) is 116 cm³/mol. The van der Waals surface area contributed by atoms with E-state index in [9.17, 15) is 9.59 Å². The number of benzene rings is 1. The molecule has 0 fully saturated rings. The van der Waals surface area contributed by atoms with Crippen molar-refractivity contribution < 1.29 is 4.79 Å². The molecule has 2 aromatic heterocycles. The first-order valence-corrected chi connectivity index (χ1v) is 11.3. The third kappa shape index (κ3) is 3.79. The highest BCUT2D eigenvalue weighted by atomic mass is 32.2. The van der Waals surface area contributed by atoms with E-state index in [0.717, 1.165) is 47.6 Å². The predicted octanol–water partition coefficient (Wildman–Crippen LogP) is 3.90. The number of carbonyl (C=O) groups is 1. The van der Waals surface area contributed by atoms with E-state index in [-0.39, 0.29) is 11.3 Å². The maximum absolute atomic E-state index is 13.6.